The van der Waals surface area contributed by atoms with E-state index in [4.69, 9.17) is 11.6 Å². The van der Waals surface area contributed by atoms with E-state index in [1.54, 1.807) is 18.2 Å². The predicted molar refractivity (Wildman–Crippen MR) is 134 cm³/mol. The summed E-state index contributed by atoms with van der Waals surface area (Å²) in [6, 6.07) is 22.6. The third-order valence-corrected chi connectivity index (χ3v) is 6.35. The first-order valence-corrected chi connectivity index (χ1v) is 11.8. The minimum atomic E-state index is -0.289. The van der Waals surface area contributed by atoms with Crippen LogP contribution in [0.15, 0.2) is 82.7 Å². The SMILES string of the molecule is O=C(CSc1nnc(-c2ccc(Cl)cc2)n1Cc1ccccc1)Nc1ccc2[nH]c(=O)[nH]c2c1. The number of fused-ring (bicyclic) bond motifs is 1. The molecule has 0 fully saturated rings. The van der Waals surface area contributed by atoms with Crippen LogP contribution in [0.5, 0.6) is 0 Å². The number of carbonyl (C=O) groups excluding carboxylic acids is 1. The molecule has 2 heterocycles. The fraction of sp³-hybridized carbons (Fsp3) is 0.0833. The van der Waals surface area contributed by atoms with Crippen LogP contribution in [0.4, 0.5) is 5.69 Å². The number of benzene rings is 3. The van der Waals surface area contributed by atoms with E-state index in [1.807, 2.05) is 59.2 Å². The van der Waals surface area contributed by atoms with E-state index >= 15 is 0 Å². The molecule has 0 aliphatic rings. The van der Waals surface area contributed by atoms with E-state index < -0.39 is 0 Å². The quantitative estimate of drug-likeness (QED) is 0.290. The number of aromatic nitrogens is 5. The summed E-state index contributed by atoms with van der Waals surface area (Å²) in [5.74, 6) is 0.657. The highest BCUT2D eigenvalue weighted by Gasteiger charge is 2.16. The number of aromatic amines is 2. The molecule has 1 amide bonds. The molecule has 2 aromatic heterocycles. The van der Waals surface area contributed by atoms with Gasteiger partial charge >= 0.3 is 5.69 Å². The first-order chi connectivity index (χ1) is 16.5. The molecule has 8 nitrogen and oxygen atoms in total. The Kier molecular flexibility index (Phi) is 6.20. The van der Waals surface area contributed by atoms with Crippen molar-refractivity contribution in [3.05, 3.63) is 93.9 Å². The zero-order valence-corrected chi connectivity index (χ0v) is 19.4. The third-order valence-electron chi connectivity index (χ3n) is 5.13. The second-order valence-electron chi connectivity index (χ2n) is 7.56. The maximum absolute atomic E-state index is 12.6. The highest BCUT2D eigenvalue weighted by atomic mass is 35.5. The number of amides is 1. The zero-order valence-electron chi connectivity index (χ0n) is 17.8. The Morgan fingerprint density at radius 3 is 2.53 bits per heavy atom. The van der Waals surface area contributed by atoms with Crippen LogP contribution in [0.2, 0.25) is 5.02 Å². The number of carbonyl (C=O) groups is 1. The molecular weight excluding hydrogens is 472 g/mol. The molecular formula is C24H19ClN6O2S. The van der Waals surface area contributed by atoms with Crippen LogP contribution >= 0.6 is 23.4 Å². The van der Waals surface area contributed by atoms with Crippen molar-refractivity contribution in [3.63, 3.8) is 0 Å². The highest BCUT2D eigenvalue weighted by molar-refractivity contribution is 7.99. The van der Waals surface area contributed by atoms with Crippen molar-refractivity contribution in [1.82, 2.24) is 24.7 Å². The average molecular weight is 491 g/mol. The van der Waals surface area contributed by atoms with Gasteiger partial charge in [0.25, 0.3) is 0 Å². The van der Waals surface area contributed by atoms with Gasteiger partial charge in [0.1, 0.15) is 0 Å². The number of hydrogen-bond acceptors (Lipinski definition) is 5. The van der Waals surface area contributed by atoms with Crippen molar-refractivity contribution < 1.29 is 4.79 Å². The van der Waals surface area contributed by atoms with Gasteiger partial charge in [0.2, 0.25) is 5.91 Å². The number of imidazole rings is 1. The summed E-state index contributed by atoms with van der Waals surface area (Å²) in [4.78, 5) is 29.4. The number of hydrogen-bond donors (Lipinski definition) is 3. The number of H-pyrrole nitrogens is 2. The first-order valence-electron chi connectivity index (χ1n) is 10.4. The van der Waals surface area contributed by atoms with Crippen molar-refractivity contribution in [2.45, 2.75) is 11.7 Å². The van der Waals surface area contributed by atoms with E-state index in [2.05, 4.69) is 25.5 Å². The minimum Gasteiger partial charge on any atom is -0.325 e. The molecule has 0 saturated heterocycles. The van der Waals surface area contributed by atoms with Gasteiger partial charge < -0.3 is 15.3 Å². The Morgan fingerprint density at radius 1 is 0.971 bits per heavy atom. The van der Waals surface area contributed by atoms with Crippen molar-refractivity contribution in [1.29, 1.82) is 0 Å². The Hall–Kier alpha value is -3.82. The minimum absolute atomic E-state index is 0.148. The van der Waals surface area contributed by atoms with Gasteiger partial charge in [-0.25, -0.2) is 4.79 Å². The van der Waals surface area contributed by atoms with Gasteiger partial charge in [-0.15, -0.1) is 10.2 Å². The number of nitrogens with zero attached hydrogens (tertiary/aromatic N) is 3. The molecule has 0 saturated carbocycles. The Morgan fingerprint density at radius 2 is 1.74 bits per heavy atom. The van der Waals surface area contributed by atoms with Crippen molar-refractivity contribution in [2.24, 2.45) is 0 Å². The Labute approximate surface area is 203 Å². The molecule has 3 N–H and O–H groups in total. The van der Waals surface area contributed by atoms with Gasteiger partial charge in [-0.05, 0) is 48.0 Å². The van der Waals surface area contributed by atoms with E-state index in [-0.39, 0.29) is 17.3 Å². The lowest BCUT2D eigenvalue weighted by Crippen LogP contribution is -2.14. The van der Waals surface area contributed by atoms with Crippen LogP contribution < -0.4 is 11.0 Å². The summed E-state index contributed by atoms with van der Waals surface area (Å²) in [7, 11) is 0. The maximum Gasteiger partial charge on any atom is 0.323 e. The Bertz CT molecular complexity index is 1510. The number of anilines is 1. The van der Waals surface area contributed by atoms with E-state index in [1.165, 1.54) is 11.8 Å². The number of thioether (sulfide) groups is 1. The summed E-state index contributed by atoms with van der Waals surface area (Å²) in [6.07, 6.45) is 0. The lowest BCUT2D eigenvalue weighted by atomic mass is 10.2. The molecule has 0 aliphatic carbocycles. The predicted octanol–water partition coefficient (Wildman–Crippen LogP) is 4.55. The van der Waals surface area contributed by atoms with E-state index in [9.17, 15) is 9.59 Å². The zero-order chi connectivity index (χ0) is 23.5. The fourth-order valence-corrected chi connectivity index (χ4v) is 4.42. The summed E-state index contributed by atoms with van der Waals surface area (Å²) < 4.78 is 1.99. The number of halogens is 1. The van der Waals surface area contributed by atoms with Crippen molar-refractivity contribution in [2.75, 3.05) is 11.1 Å². The first kappa shape index (κ1) is 22.0. The van der Waals surface area contributed by atoms with Gasteiger partial charge in [-0.2, -0.15) is 0 Å². The normalized spacial score (nSPS) is 11.1. The van der Waals surface area contributed by atoms with Crippen molar-refractivity contribution >= 4 is 46.0 Å². The van der Waals surface area contributed by atoms with Crippen LogP contribution in [0.1, 0.15) is 5.56 Å². The van der Waals surface area contributed by atoms with Gasteiger partial charge in [0, 0.05) is 16.3 Å². The molecule has 34 heavy (non-hydrogen) atoms. The largest absolute Gasteiger partial charge is 0.325 e. The van der Waals surface area contributed by atoms with E-state index in [0.717, 1.165) is 11.1 Å². The molecule has 0 radical (unpaired) electrons. The van der Waals surface area contributed by atoms with Crippen molar-refractivity contribution in [3.8, 4) is 11.4 Å². The van der Waals surface area contributed by atoms with Crippen LogP contribution in [0, 0.1) is 0 Å². The molecule has 0 unspecified atom stereocenters. The van der Waals surface area contributed by atoms with E-state index in [0.29, 0.717) is 39.3 Å². The Balaban J connectivity index is 1.35. The molecule has 0 spiro atoms. The maximum atomic E-state index is 12.6. The number of rotatable bonds is 7. The smallest absolute Gasteiger partial charge is 0.323 e. The van der Waals surface area contributed by atoms with Gasteiger partial charge in [0.05, 0.1) is 23.3 Å². The second-order valence-corrected chi connectivity index (χ2v) is 8.94. The van der Waals surface area contributed by atoms with Gasteiger partial charge in [-0.1, -0.05) is 53.7 Å². The summed E-state index contributed by atoms with van der Waals surface area (Å²) >= 11 is 7.36. The second kappa shape index (κ2) is 9.58. The summed E-state index contributed by atoms with van der Waals surface area (Å²) in [5.41, 5.74) is 3.60. The fourth-order valence-electron chi connectivity index (χ4n) is 3.55. The molecule has 0 atom stereocenters. The lowest BCUT2D eigenvalue weighted by molar-refractivity contribution is -0.113. The van der Waals surface area contributed by atoms with Crippen LogP contribution in [0.3, 0.4) is 0 Å². The molecule has 3 aromatic carbocycles. The molecule has 10 heteroatoms. The molecule has 5 rings (SSSR count). The third kappa shape index (κ3) is 4.90. The summed E-state index contributed by atoms with van der Waals surface area (Å²) in [6.45, 7) is 0.563. The number of nitrogens with one attached hydrogen (secondary N) is 3. The monoisotopic (exact) mass is 490 g/mol. The average Bonchev–Trinajstić information content (AvgIpc) is 3.41. The lowest BCUT2D eigenvalue weighted by Gasteiger charge is -2.11. The summed E-state index contributed by atoms with van der Waals surface area (Å²) in [5, 5.41) is 12.9. The molecule has 170 valence electrons. The molecule has 5 aromatic rings. The van der Waals surface area contributed by atoms with Crippen LogP contribution in [-0.2, 0) is 11.3 Å². The van der Waals surface area contributed by atoms with Gasteiger partial charge in [0.15, 0.2) is 11.0 Å². The topological polar surface area (TPSA) is 108 Å². The van der Waals surface area contributed by atoms with Crippen LogP contribution in [-0.4, -0.2) is 36.4 Å². The standard InChI is InChI=1S/C24H19ClN6O2S/c25-17-8-6-16(7-9-17)22-29-30-24(31(22)13-15-4-2-1-3-5-15)34-14-21(32)26-18-10-11-19-20(12-18)28-23(33)27-19/h1-12H,13-14H2,(H,26,32)(H2,27,28,33). The highest BCUT2D eigenvalue weighted by Crippen LogP contribution is 2.26. The molecule has 0 bridgehead atoms. The molecule has 0 aliphatic heterocycles. The van der Waals surface area contributed by atoms with Gasteiger partial charge in [-0.3, -0.25) is 9.36 Å². The van der Waals surface area contributed by atoms with Crippen LogP contribution in [0.25, 0.3) is 22.4 Å².